The molecule has 2 heterocycles. The standard InChI is InChI=1S/C6H8N4O2/c1-10-2-7-4-3(10)5(11)9-6(12)8-4/h2,5,11H,1H3,(H2,8,9,12). The molecule has 0 fully saturated rings. The lowest BCUT2D eigenvalue weighted by atomic mass is 10.3. The Balaban J connectivity index is 2.49. The fourth-order valence-electron chi connectivity index (χ4n) is 1.19. The summed E-state index contributed by atoms with van der Waals surface area (Å²) in [5.41, 5.74) is 0.564. The van der Waals surface area contributed by atoms with Gasteiger partial charge < -0.3 is 15.0 Å². The lowest BCUT2D eigenvalue weighted by molar-refractivity contribution is 0.137. The molecule has 1 aliphatic rings. The second-order valence-electron chi connectivity index (χ2n) is 2.59. The molecule has 1 atom stereocenters. The Morgan fingerprint density at radius 3 is 3.25 bits per heavy atom. The summed E-state index contributed by atoms with van der Waals surface area (Å²) in [5, 5.41) is 14.1. The van der Waals surface area contributed by atoms with E-state index in [-0.39, 0.29) is 0 Å². The molecule has 6 heteroatoms. The van der Waals surface area contributed by atoms with Crippen LogP contribution in [0.1, 0.15) is 11.9 Å². The van der Waals surface area contributed by atoms with E-state index in [0.717, 1.165) is 0 Å². The third kappa shape index (κ3) is 0.850. The van der Waals surface area contributed by atoms with Crippen LogP contribution < -0.4 is 10.6 Å². The van der Waals surface area contributed by atoms with Crippen LogP contribution in [0.5, 0.6) is 0 Å². The Kier molecular flexibility index (Phi) is 1.31. The molecule has 1 aromatic heterocycles. The van der Waals surface area contributed by atoms with Crippen molar-refractivity contribution in [3.63, 3.8) is 0 Å². The number of urea groups is 1. The zero-order chi connectivity index (χ0) is 8.72. The minimum Gasteiger partial charge on any atom is -0.368 e. The largest absolute Gasteiger partial charge is 0.368 e. The van der Waals surface area contributed by atoms with Gasteiger partial charge in [0.05, 0.1) is 6.33 Å². The van der Waals surface area contributed by atoms with Crippen molar-refractivity contribution in [2.75, 3.05) is 5.32 Å². The van der Waals surface area contributed by atoms with E-state index in [1.807, 2.05) is 0 Å². The number of aryl methyl sites for hydroxylation is 1. The van der Waals surface area contributed by atoms with Crippen LogP contribution >= 0.6 is 0 Å². The number of hydrogen-bond acceptors (Lipinski definition) is 3. The van der Waals surface area contributed by atoms with Crippen molar-refractivity contribution in [2.24, 2.45) is 7.05 Å². The molecule has 2 rings (SSSR count). The van der Waals surface area contributed by atoms with Crippen molar-refractivity contribution in [2.45, 2.75) is 6.23 Å². The number of aromatic nitrogens is 2. The number of nitrogens with one attached hydrogen (secondary N) is 2. The quantitative estimate of drug-likeness (QED) is 0.490. The van der Waals surface area contributed by atoms with E-state index >= 15 is 0 Å². The minimum atomic E-state index is -0.971. The van der Waals surface area contributed by atoms with Gasteiger partial charge in [-0.3, -0.25) is 5.32 Å². The number of imidazole rings is 1. The molecule has 0 aliphatic carbocycles. The second-order valence-corrected chi connectivity index (χ2v) is 2.59. The molecule has 0 radical (unpaired) electrons. The predicted octanol–water partition coefficient (Wildman–Crippen LogP) is -0.454. The first-order chi connectivity index (χ1) is 5.68. The average Bonchev–Trinajstić information content (AvgIpc) is 2.31. The molecule has 0 bridgehead atoms. The van der Waals surface area contributed by atoms with E-state index in [1.165, 1.54) is 6.33 Å². The first kappa shape index (κ1) is 7.11. The summed E-state index contributed by atoms with van der Waals surface area (Å²) < 4.78 is 1.65. The van der Waals surface area contributed by atoms with Gasteiger partial charge in [0.25, 0.3) is 0 Å². The van der Waals surface area contributed by atoms with E-state index in [2.05, 4.69) is 15.6 Å². The van der Waals surface area contributed by atoms with Crippen LogP contribution in [0.3, 0.4) is 0 Å². The number of amides is 2. The fourth-order valence-corrected chi connectivity index (χ4v) is 1.19. The first-order valence-electron chi connectivity index (χ1n) is 3.45. The van der Waals surface area contributed by atoms with Gasteiger partial charge in [-0.1, -0.05) is 0 Å². The van der Waals surface area contributed by atoms with Gasteiger partial charge in [-0.25, -0.2) is 9.78 Å². The maximum absolute atomic E-state index is 10.8. The monoisotopic (exact) mass is 168 g/mol. The molecular weight excluding hydrogens is 160 g/mol. The number of aliphatic hydroxyl groups excluding tert-OH is 1. The van der Waals surface area contributed by atoms with Crippen LogP contribution in [0, 0.1) is 0 Å². The summed E-state index contributed by atoms with van der Waals surface area (Å²) in [6.07, 6.45) is 0.558. The summed E-state index contributed by atoms with van der Waals surface area (Å²) in [6, 6.07) is -0.436. The zero-order valence-electron chi connectivity index (χ0n) is 6.40. The number of hydrogen-bond donors (Lipinski definition) is 3. The van der Waals surface area contributed by atoms with E-state index in [9.17, 15) is 9.90 Å². The summed E-state index contributed by atoms with van der Waals surface area (Å²) in [7, 11) is 1.74. The molecule has 3 N–H and O–H groups in total. The predicted molar refractivity (Wildman–Crippen MR) is 40.3 cm³/mol. The third-order valence-electron chi connectivity index (χ3n) is 1.74. The second kappa shape index (κ2) is 2.21. The Hall–Kier alpha value is -1.56. The van der Waals surface area contributed by atoms with Crippen LogP contribution in [0.2, 0.25) is 0 Å². The van der Waals surface area contributed by atoms with Crippen LogP contribution in [-0.2, 0) is 7.05 Å². The molecule has 0 spiro atoms. The van der Waals surface area contributed by atoms with Crippen molar-refractivity contribution >= 4 is 11.8 Å². The Morgan fingerprint density at radius 1 is 1.75 bits per heavy atom. The number of aliphatic hydroxyl groups is 1. The van der Waals surface area contributed by atoms with Crippen LogP contribution in [0.4, 0.5) is 10.6 Å². The Bertz CT molecular complexity index is 332. The highest BCUT2D eigenvalue weighted by Gasteiger charge is 2.25. The third-order valence-corrected chi connectivity index (χ3v) is 1.74. The number of rotatable bonds is 0. The lowest BCUT2D eigenvalue weighted by Gasteiger charge is -2.20. The molecular formula is C6H8N4O2. The van der Waals surface area contributed by atoms with E-state index in [0.29, 0.717) is 11.5 Å². The summed E-state index contributed by atoms with van der Waals surface area (Å²) in [4.78, 5) is 14.7. The molecule has 1 unspecified atom stereocenters. The van der Waals surface area contributed by atoms with Crippen molar-refractivity contribution < 1.29 is 9.90 Å². The number of nitrogens with zero attached hydrogens (tertiary/aromatic N) is 2. The Morgan fingerprint density at radius 2 is 2.50 bits per heavy atom. The minimum absolute atomic E-state index is 0.411. The molecule has 0 saturated carbocycles. The van der Waals surface area contributed by atoms with Crippen molar-refractivity contribution in [3.8, 4) is 0 Å². The van der Waals surface area contributed by atoms with E-state index < -0.39 is 12.3 Å². The molecule has 1 aliphatic heterocycles. The number of fused-ring (bicyclic) bond motifs is 1. The van der Waals surface area contributed by atoms with Crippen LogP contribution in [0.25, 0.3) is 0 Å². The van der Waals surface area contributed by atoms with Gasteiger partial charge in [0.2, 0.25) is 0 Å². The van der Waals surface area contributed by atoms with Crippen molar-refractivity contribution in [1.82, 2.24) is 14.9 Å². The average molecular weight is 168 g/mol. The maximum Gasteiger partial charge on any atom is 0.322 e. The molecule has 6 nitrogen and oxygen atoms in total. The summed E-state index contributed by atoms with van der Waals surface area (Å²) >= 11 is 0. The first-order valence-corrected chi connectivity index (χ1v) is 3.45. The molecule has 12 heavy (non-hydrogen) atoms. The highest BCUT2D eigenvalue weighted by molar-refractivity contribution is 5.91. The van der Waals surface area contributed by atoms with Gasteiger partial charge in [0.1, 0.15) is 5.69 Å². The number of carbonyl (C=O) groups is 1. The van der Waals surface area contributed by atoms with Gasteiger partial charge >= 0.3 is 6.03 Å². The maximum atomic E-state index is 10.8. The molecule has 2 amide bonds. The van der Waals surface area contributed by atoms with E-state index in [4.69, 9.17) is 0 Å². The normalized spacial score (nSPS) is 21.2. The van der Waals surface area contributed by atoms with E-state index in [1.54, 1.807) is 11.6 Å². The number of carbonyl (C=O) groups excluding carboxylic acids is 1. The summed E-state index contributed by atoms with van der Waals surface area (Å²) in [5.74, 6) is 0.411. The zero-order valence-corrected chi connectivity index (χ0v) is 6.40. The van der Waals surface area contributed by atoms with Crippen LogP contribution in [-0.4, -0.2) is 20.7 Å². The molecule has 64 valence electrons. The molecule has 0 aromatic carbocycles. The van der Waals surface area contributed by atoms with Crippen LogP contribution in [0.15, 0.2) is 6.33 Å². The van der Waals surface area contributed by atoms with Gasteiger partial charge in [-0.2, -0.15) is 0 Å². The fraction of sp³-hybridized carbons (Fsp3) is 0.333. The highest BCUT2D eigenvalue weighted by Crippen LogP contribution is 2.22. The molecule has 1 aromatic rings. The van der Waals surface area contributed by atoms with Crippen molar-refractivity contribution in [1.29, 1.82) is 0 Å². The smallest absolute Gasteiger partial charge is 0.322 e. The lowest BCUT2D eigenvalue weighted by Crippen LogP contribution is -2.38. The van der Waals surface area contributed by atoms with Gasteiger partial charge in [-0.15, -0.1) is 0 Å². The van der Waals surface area contributed by atoms with Crippen molar-refractivity contribution in [3.05, 3.63) is 12.0 Å². The highest BCUT2D eigenvalue weighted by atomic mass is 16.3. The molecule has 0 saturated heterocycles. The number of anilines is 1. The summed E-state index contributed by atoms with van der Waals surface area (Å²) in [6.45, 7) is 0. The van der Waals surface area contributed by atoms with Gasteiger partial charge in [-0.05, 0) is 0 Å². The van der Waals surface area contributed by atoms with Gasteiger partial charge in [0, 0.05) is 7.05 Å². The van der Waals surface area contributed by atoms with Gasteiger partial charge in [0.15, 0.2) is 12.0 Å². The Labute approximate surface area is 68.2 Å². The topological polar surface area (TPSA) is 79.2 Å². The SMILES string of the molecule is Cn1cnc2c1C(O)NC(=O)N2.